The predicted molar refractivity (Wildman–Crippen MR) is 119 cm³/mol. The molecule has 0 amide bonds. The van der Waals surface area contributed by atoms with Crippen molar-refractivity contribution >= 4 is 44.6 Å². The lowest BCUT2D eigenvalue weighted by atomic mass is 10.1. The number of pyridine rings is 1. The molecule has 0 atom stereocenters. The van der Waals surface area contributed by atoms with Gasteiger partial charge in [0.25, 0.3) is 0 Å². The monoisotopic (exact) mass is 361 g/mol. The Morgan fingerprint density at radius 1 is 0.429 bits per heavy atom. The number of fused-ring (bicyclic) bond motifs is 2. The summed E-state index contributed by atoms with van der Waals surface area (Å²) in [6.45, 7) is 0. The SMILES string of the molecule is c1ccc(Nc2ccc3cc4ccc(Nc5ccccc5)cc4nc3c2)cc1. The molecule has 0 spiro atoms. The van der Waals surface area contributed by atoms with Gasteiger partial charge in [0.2, 0.25) is 0 Å². The minimum absolute atomic E-state index is 0.977. The molecule has 5 aromatic rings. The molecule has 0 aliphatic heterocycles. The maximum atomic E-state index is 4.90. The van der Waals surface area contributed by atoms with Crippen LogP contribution in [0.15, 0.2) is 103 Å². The Morgan fingerprint density at radius 3 is 1.36 bits per heavy atom. The number of benzene rings is 4. The lowest BCUT2D eigenvalue weighted by molar-refractivity contribution is 1.47. The van der Waals surface area contributed by atoms with Crippen LogP contribution in [-0.4, -0.2) is 4.98 Å². The lowest BCUT2D eigenvalue weighted by Gasteiger charge is -2.10. The summed E-state index contributed by atoms with van der Waals surface area (Å²) >= 11 is 0. The van der Waals surface area contributed by atoms with E-state index in [4.69, 9.17) is 4.98 Å². The van der Waals surface area contributed by atoms with Crippen molar-refractivity contribution < 1.29 is 0 Å². The molecular weight excluding hydrogens is 342 g/mol. The third kappa shape index (κ3) is 3.38. The predicted octanol–water partition coefficient (Wildman–Crippen LogP) is 6.88. The Morgan fingerprint density at radius 2 is 0.893 bits per heavy atom. The zero-order valence-electron chi connectivity index (χ0n) is 15.3. The Balaban J connectivity index is 1.50. The summed E-state index contributed by atoms with van der Waals surface area (Å²) in [4.78, 5) is 4.90. The van der Waals surface area contributed by atoms with Crippen LogP contribution in [-0.2, 0) is 0 Å². The zero-order chi connectivity index (χ0) is 18.8. The van der Waals surface area contributed by atoms with Gasteiger partial charge in [-0.05, 0) is 54.6 Å². The van der Waals surface area contributed by atoms with Gasteiger partial charge in [0.1, 0.15) is 0 Å². The second-order valence-corrected chi connectivity index (χ2v) is 6.79. The third-order valence-corrected chi connectivity index (χ3v) is 4.74. The summed E-state index contributed by atoms with van der Waals surface area (Å²) in [6.07, 6.45) is 0. The van der Waals surface area contributed by atoms with Crippen molar-refractivity contribution in [3.05, 3.63) is 103 Å². The molecule has 3 nitrogen and oxygen atoms in total. The molecule has 4 aromatic carbocycles. The van der Waals surface area contributed by atoms with Crippen molar-refractivity contribution in [2.75, 3.05) is 10.6 Å². The van der Waals surface area contributed by atoms with E-state index in [0.717, 1.165) is 44.6 Å². The molecule has 0 aliphatic carbocycles. The third-order valence-electron chi connectivity index (χ3n) is 4.74. The molecule has 0 bridgehead atoms. The molecule has 0 aliphatic rings. The molecule has 0 radical (unpaired) electrons. The second kappa shape index (κ2) is 7.05. The van der Waals surface area contributed by atoms with Crippen LogP contribution >= 0.6 is 0 Å². The number of rotatable bonds is 4. The molecule has 1 heterocycles. The minimum Gasteiger partial charge on any atom is -0.355 e. The van der Waals surface area contributed by atoms with Crippen molar-refractivity contribution in [2.45, 2.75) is 0 Å². The first-order valence-corrected chi connectivity index (χ1v) is 9.32. The van der Waals surface area contributed by atoms with Gasteiger partial charge in [-0.15, -0.1) is 0 Å². The van der Waals surface area contributed by atoms with E-state index in [2.05, 4.69) is 77.4 Å². The Bertz CT molecular complexity index is 1150. The van der Waals surface area contributed by atoms with Gasteiger partial charge >= 0.3 is 0 Å². The maximum Gasteiger partial charge on any atom is 0.0730 e. The highest BCUT2D eigenvalue weighted by molar-refractivity contribution is 5.95. The normalized spacial score (nSPS) is 10.9. The topological polar surface area (TPSA) is 37.0 Å². The second-order valence-electron chi connectivity index (χ2n) is 6.79. The number of anilines is 4. The molecule has 0 saturated carbocycles. The van der Waals surface area contributed by atoms with Gasteiger partial charge in [-0.1, -0.05) is 48.5 Å². The fourth-order valence-corrected chi connectivity index (χ4v) is 3.35. The molecule has 28 heavy (non-hydrogen) atoms. The zero-order valence-corrected chi connectivity index (χ0v) is 15.3. The van der Waals surface area contributed by atoms with Crippen LogP contribution in [0.4, 0.5) is 22.7 Å². The van der Waals surface area contributed by atoms with Crippen LogP contribution in [0.5, 0.6) is 0 Å². The Labute approximate surface area is 163 Å². The summed E-state index contributed by atoms with van der Waals surface area (Å²) in [5.41, 5.74) is 6.15. The molecule has 0 fully saturated rings. The van der Waals surface area contributed by atoms with E-state index in [1.807, 2.05) is 36.4 Å². The van der Waals surface area contributed by atoms with Gasteiger partial charge in [-0.25, -0.2) is 4.98 Å². The molecular formula is C25H19N3. The standard InChI is InChI=1S/C25H19N3/c1-3-7-20(8-4-1)26-22-13-11-18-15-19-12-14-23(17-25(19)28-24(18)16-22)27-21-9-5-2-6-10-21/h1-17,26-27H. The summed E-state index contributed by atoms with van der Waals surface area (Å²) < 4.78 is 0. The van der Waals surface area contributed by atoms with E-state index in [1.165, 1.54) is 0 Å². The van der Waals surface area contributed by atoms with Crippen molar-refractivity contribution in [3.63, 3.8) is 0 Å². The van der Waals surface area contributed by atoms with Crippen LogP contribution in [0.2, 0.25) is 0 Å². The van der Waals surface area contributed by atoms with Crippen molar-refractivity contribution in [3.8, 4) is 0 Å². The fourth-order valence-electron chi connectivity index (χ4n) is 3.35. The van der Waals surface area contributed by atoms with Crippen LogP contribution in [0, 0.1) is 0 Å². The number of hydrogen-bond acceptors (Lipinski definition) is 3. The van der Waals surface area contributed by atoms with Crippen molar-refractivity contribution in [1.82, 2.24) is 4.98 Å². The highest BCUT2D eigenvalue weighted by Crippen LogP contribution is 2.27. The molecule has 3 heteroatoms. The summed E-state index contributed by atoms with van der Waals surface area (Å²) in [5.74, 6) is 0. The van der Waals surface area contributed by atoms with Crippen LogP contribution in [0.3, 0.4) is 0 Å². The molecule has 5 rings (SSSR count). The summed E-state index contributed by atoms with van der Waals surface area (Å²) in [5, 5.41) is 9.14. The van der Waals surface area contributed by atoms with E-state index in [0.29, 0.717) is 0 Å². The number of para-hydroxylation sites is 2. The Kier molecular flexibility index (Phi) is 4.11. The number of hydrogen-bond donors (Lipinski definition) is 2. The van der Waals surface area contributed by atoms with E-state index in [-0.39, 0.29) is 0 Å². The largest absolute Gasteiger partial charge is 0.355 e. The Hall–Kier alpha value is -3.85. The minimum atomic E-state index is 0.977. The lowest BCUT2D eigenvalue weighted by Crippen LogP contribution is -1.92. The molecule has 2 N–H and O–H groups in total. The van der Waals surface area contributed by atoms with Gasteiger partial charge in [0, 0.05) is 33.5 Å². The highest BCUT2D eigenvalue weighted by Gasteiger charge is 2.04. The average Bonchev–Trinajstić information content (AvgIpc) is 2.74. The molecule has 0 saturated heterocycles. The van der Waals surface area contributed by atoms with Gasteiger partial charge in [0.05, 0.1) is 11.0 Å². The number of nitrogens with zero attached hydrogens (tertiary/aromatic N) is 1. The number of nitrogens with one attached hydrogen (secondary N) is 2. The van der Waals surface area contributed by atoms with Crippen LogP contribution in [0.25, 0.3) is 21.8 Å². The highest BCUT2D eigenvalue weighted by atomic mass is 14.9. The van der Waals surface area contributed by atoms with E-state index < -0.39 is 0 Å². The average molecular weight is 361 g/mol. The van der Waals surface area contributed by atoms with Gasteiger partial charge in [-0.2, -0.15) is 0 Å². The number of aromatic nitrogens is 1. The van der Waals surface area contributed by atoms with Gasteiger partial charge in [0.15, 0.2) is 0 Å². The van der Waals surface area contributed by atoms with Crippen molar-refractivity contribution in [2.24, 2.45) is 0 Å². The van der Waals surface area contributed by atoms with Gasteiger partial charge < -0.3 is 10.6 Å². The van der Waals surface area contributed by atoms with Crippen LogP contribution in [0.1, 0.15) is 0 Å². The molecule has 1 aromatic heterocycles. The van der Waals surface area contributed by atoms with Gasteiger partial charge in [-0.3, -0.25) is 0 Å². The molecule has 134 valence electrons. The van der Waals surface area contributed by atoms with E-state index >= 15 is 0 Å². The summed E-state index contributed by atoms with van der Waals surface area (Å²) in [7, 11) is 0. The van der Waals surface area contributed by atoms with Crippen LogP contribution < -0.4 is 10.6 Å². The first-order valence-electron chi connectivity index (χ1n) is 9.32. The maximum absolute atomic E-state index is 4.90. The van der Waals surface area contributed by atoms with E-state index in [1.54, 1.807) is 0 Å². The van der Waals surface area contributed by atoms with Crippen molar-refractivity contribution in [1.29, 1.82) is 0 Å². The smallest absolute Gasteiger partial charge is 0.0730 e. The first-order chi connectivity index (χ1) is 13.8. The summed E-state index contributed by atoms with van der Waals surface area (Å²) in [6, 6.07) is 35.1. The quantitative estimate of drug-likeness (QED) is 0.343. The van der Waals surface area contributed by atoms with E-state index in [9.17, 15) is 0 Å². The molecule has 0 unspecified atom stereocenters. The first kappa shape index (κ1) is 16.3. The fraction of sp³-hybridized carbons (Fsp3) is 0.